The Labute approximate surface area is 172 Å². The molecule has 1 unspecified atom stereocenters. The summed E-state index contributed by atoms with van der Waals surface area (Å²) in [5.41, 5.74) is 4.88. The van der Waals surface area contributed by atoms with Gasteiger partial charge in [0.15, 0.2) is 0 Å². The highest BCUT2D eigenvalue weighted by Crippen LogP contribution is 2.23. The van der Waals surface area contributed by atoms with Crippen molar-refractivity contribution >= 4 is 15.9 Å². The molecule has 1 atom stereocenters. The van der Waals surface area contributed by atoms with Crippen LogP contribution < -0.4 is 5.32 Å². The molecule has 3 rings (SSSR count). The van der Waals surface area contributed by atoms with Crippen molar-refractivity contribution in [1.29, 1.82) is 0 Å². The van der Waals surface area contributed by atoms with Crippen molar-refractivity contribution < 1.29 is 17.9 Å². The van der Waals surface area contributed by atoms with Crippen LogP contribution in [0.3, 0.4) is 0 Å². The van der Waals surface area contributed by atoms with Gasteiger partial charge in [-0.3, -0.25) is 4.79 Å². The highest BCUT2D eigenvalue weighted by Gasteiger charge is 2.27. The number of hydrogen-bond donors (Lipinski definition) is 1. The second kappa shape index (κ2) is 8.65. The summed E-state index contributed by atoms with van der Waals surface area (Å²) in [7, 11) is -3.64. The van der Waals surface area contributed by atoms with Crippen LogP contribution in [-0.4, -0.2) is 44.9 Å². The van der Waals surface area contributed by atoms with E-state index in [1.54, 1.807) is 12.1 Å². The van der Waals surface area contributed by atoms with Crippen LogP contribution >= 0.6 is 0 Å². The van der Waals surface area contributed by atoms with Crippen LogP contribution in [0.15, 0.2) is 41.3 Å². The minimum absolute atomic E-state index is 0.127. The number of ether oxygens (including phenoxy) is 1. The number of benzene rings is 2. The minimum Gasteiger partial charge on any atom is -0.379 e. The summed E-state index contributed by atoms with van der Waals surface area (Å²) >= 11 is 0. The highest BCUT2D eigenvalue weighted by molar-refractivity contribution is 7.89. The minimum atomic E-state index is -3.64. The lowest BCUT2D eigenvalue weighted by Crippen LogP contribution is -2.40. The molecular formula is C22H28N2O4S. The predicted octanol–water partition coefficient (Wildman–Crippen LogP) is 3.12. The SMILES string of the molecule is Cc1cc(C)c(C(C)NC(=O)c2cccc(S(=O)(=O)N3CCOCC3)c2)cc1C. The van der Waals surface area contributed by atoms with E-state index in [-0.39, 0.29) is 16.8 Å². The zero-order valence-corrected chi connectivity index (χ0v) is 18.2. The molecule has 1 heterocycles. The van der Waals surface area contributed by atoms with E-state index in [1.165, 1.54) is 27.6 Å². The smallest absolute Gasteiger partial charge is 0.251 e. The van der Waals surface area contributed by atoms with Gasteiger partial charge in [0.25, 0.3) is 5.91 Å². The van der Waals surface area contributed by atoms with Gasteiger partial charge in [-0.1, -0.05) is 18.2 Å². The molecule has 6 nitrogen and oxygen atoms in total. The fraction of sp³-hybridized carbons (Fsp3) is 0.409. The van der Waals surface area contributed by atoms with E-state index in [4.69, 9.17) is 4.74 Å². The van der Waals surface area contributed by atoms with Gasteiger partial charge in [-0.15, -0.1) is 0 Å². The van der Waals surface area contributed by atoms with E-state index in [0.717, 1.165) is 11.1 Å². The van der Waals surface area contributed by atoms with Crippen LogP contribution in [0.25, 0.3) is 0 Å². The molecule has 0 bridgehead atoms. The molecule has 0 saturated carbocycles. The molecule has 1 saturated heterocycles. The Morgan fingerprint density at radius 3 is 2.38 bits per heavy atom. The number of rotatable bonds is 5. The Kier molecular flexibility index (Phi) is 6.41. The van der Waals surface area contributed by atoms with E-state index >= 15 is 0 Å². The number of nitrogens with zero attached hydrogens (tertiary/aromatic N) is 1. The molecule has 1 amide bonds. The zero-order valence-electron chi connectivity index (χ0n) is 17.4. The average Bonchev–Trinajstić information content (AvgIpc) is 2.71. The molecule has 1 N–H and O–H groups in total. The summed E-state index contributed by atoms with van der Waals surface area (Å²) in [4.78, 5) is 12.9. The Morgan fingerprint density at radius 2 is 1.69 bits per heavy atom. The van der Waals surface area contributed by atoms with Crippen molar-refractivity contribution in [3.8, 4) is 0 Å². The van der Waals surface area contributed by atoms with Crippen LogP contribution in [0, 0.1) is 20.8 Å². The average molecular weight is 417 g/mol. The third-order valence-electron chi connectivity index (χ3n) is 5.40. The first-order valence-corrected chi connectivity index (χ1v) is 11.2. The number of hydrogen-bond acceptors (Lipinski definition) is 4. The summed E-state index contributed by atoms with van der Waals surface area (Å²) in [5.74, 6) is -0.297. The van der Waals surface area contributed by atoms with Gasteiger partial charge in [0, 0.05) is 18.7 Å². The quantitative estimate of drug-likeness (QED) is 0.813. The first-order valence-electron chi connectivity index (χ1n) is 9.76. The maximum absolute atomic E-state index is 12.9. The molecule has 1 aliphatic heterocycles. The fourth-order valence-electron chi connectivity index (χ4n) is 3.54. The maximum atomic E-state index is 12.9. The van der Waals surface area contributed by atoms with Crippen LogP contribution in [0.4, 0.5) is 0 Å². The van der Waals surface area contributed by atoms with Gasteiger partial charge in [0.2, 0.25) is 10.0 Å². The van der Waals surface area contributed by atoms with E-state index in [0.29, 0.717) is 31.9 Å². The van der Waals surface area contributed by atoms with Crippen LogP contribution in [-0.2, 0) is 14.8 Å². The summed E-state index contributed by atoms with van der Waals surface area (Å²) in [6.45, 7) is 9.48. The summed E-state index contributed by atoms with van der Waals surface area (Å²) in [6.07, 6.45) is 0. The molecule has 2 aromatic rings. The lowest BCUT2D eigenvalue weighted by atomic mass is 9.96. The molecular weight excluding hydrogens is 388 g/mol. The lowest BCUT2D eigenvalue weighted by molar-refractivity contribution is 0.0730. The molecule has 1 fully saturated rings. The van der Waals surface area contributed by atoms with E-state index in [1.807, 2.05) is 20.8 Å². The molecule has 0 spiro atoms. The number of amides is 1. The van der Waals surface area contributed by atoms with Gasteiger partial charge in [0.1, 0.15) is 0 Å². The van der Waals surface area contributed by atoms with Gasteiger partial charge in [-0.2, -0.15) is 4.31 Å². The fourth-order valence-corrected chi connectivity index (χ4v) is 5.00. The van der Waals surface area contributed by atoms with Gasteiger partial charge in [0.05, 0.1) is 24.2 Å². The molecule has 1 aliphatic rings. The second-order valence-corrected chi connectivity index (χ2v) is 9.47. The molecule has 156 valence electrons. The molecule has 7 heteroatoms. The molecule has 2 aromatic carbocycles. The summed E-state index contributed by atoms with van der Waals surface area (Å²) < 4.78 is 32.3. The van der Waals surface area contributed by atoms with Crippen LogP contribution in [0.5, 0.6) is 0 Å². The third-order valence-corrected chi connectivity index (χ3v) is 7.30. The van der Waals surface area contributed by atoms with Gasteiger partial charge in [-0.25, -0.2) is 8.42 Å². The second-order valence-electron chi connectivity index (χ2n) is 7.53. The standard InChI is InChI=1S/C22H28N2O4S/c1-15-12-17(3)21(13-16(15)2)18(4)23-22(25)19-6-5-7-20(14-19)29(26,27)24-8-10-28-11-9-24/h5-7,12-14,18H,8-11H2,1-4H3,(H,23,25). The maximum Gasteiger partial charge on any atom is 0.251 e. The van der Waals surface area contributed by atoms with Crippen molar-refractivity contribution in [2.75, 3.05) is 26.3 Å². The highest BCUT2D eigenvalue weighted by atomic mass is 32.2. The lowest BCUT2D eigenvalue weighted by Gasteiger charge is -2.26. The van der Waals surface area contributed by atoms with Crippen molar-refractivity contribution in [3.63, 3.8) is 0 Å². The Balaban J connectivity index is 1.80. The van der Waals surface area contributed by atoms with Crippen molar-refractivity contribution in [3.05, 3.63) is 64.2 Å². The Hall–Kier alpha value is -2.22. The van der Waals surface area contributed by atoms with Crippen LogP contribution in [0.1, 0.15) is 45.6 Å². The number of aryl methyl sites for hydroxylation is 3. The number of nitrogens with one attached hydrogen (secondary N) is 1. The predicted molar refractivity (Wildman–Crippen MR) is 113 cm³/mol. The molecule has 0 aliphatic carbocycles. The normalized spacial score (nSPS) is 16.4. The van der Waals surface area contributed by atoms with Gasteiger partial charge >= 0.3 is 0 Å². The largest absolute Gasteiger partial charge is 0.379 e. The first-order chi connectivity index (χ1) is 13.7. The molecule has 29 heavy (non-hydrogen) atoms. The number of carbonyl (C=O) groups is 1. The van der Waals surface area contributed by atoms with Gasteiger partial charge in [-0.05, 0) is 68.1 Å². The van der Waals surface area contributed by atoms with Crippen molar-refractivity contribution in [1.82, 2.24) is 9.62 Å². The topological polar surface area (TPSA) is 75.7 Å². The number of carbonyl (C=O) groups excluding carboxylic acids is 1. The van der Waals surface area contributed by atoms with Crippen molar-refractivity contribution in [2.45, 2.75) is 38.6 Å². The zero-order chi connectivity index (χ0) is 21.2. The summed E-state index contributed by atoms with van der Waals surface area (Å²) in [6, 6.07) is 10.2. The third kappa shape index (κ3) is 4.69. The van der Waals surface area contributed by atoms with E-state index in [9.17, 15) is 13.2 Å². The Bertz CT molecular complexity index is 1010. The first kappa shape index (κ1) is 21.5. The number of sulfonamides is 1. The van der Waals surface area contributed by atoms with Crippen LogP contribution in [0.2, 0.25) is 0 Å². The summed E-state index contributed by atoms with van der Waals surface area (Å²) in [5, 5.41) is 2.99. The number of morpholine rings is 1. The van der Waals surface area contributed by atoms with E-state index in [2.05, 4.69) is 24.4 Å². The molecule has 0 aromatic heterocycles. The van der Waals surface area contributed by atoms with Crippen molar-refractivity contribution in [2.24, 2.45) is 0 Å². The monoisotopic (exact) mass is 416 g/mol. The Morgan fingerprint density at radius 1 is 1.03 bits per heavy atom. The molecule has 0 radical (unpaired) electrons. The van der Waals surface area contributed by atoms with Gasteiger partial charge < -0.3 is 10.1 Å². The van der Waals surface area contributed by atoms with E-state index < -0.39 is 10.0 Å².